The summed E-state index contributed by atoms with van der Waals surface area (Å²) in [5, 5.41) is 4.85. The van der Waals surface area contributed by atoms with E-state index in [1.165, 1.54) is 19.2 Å². The molecule has 0 bridgehead atoms. The maximum atomic E-state index is 13.3. The highest BCUT2D eigenvalue weighted by atomic mass is 19.4. The lowest BCUT2D eigenvalue weighted by Gasteiger charge is -2.51. The van der Waals surface area contributed by atoms with E-state index in [9.17, 15) is 18.0 Å². The van der Waals surface area contributed by atoms with Crippen molar-refractivity contribution in [3.8, 4) is 5.75 Å². The summed E-state index contributed by atoms with van der Waals surface area (Å²) in [4.78, 5) is 21.5. The normalized spacial score (nSPS) is 25.5. The van der Waals surface area contributed by atoms with Gasteiger partial charge in [0, 0.05) is 61.3 Å². The number of para-hydroxylation sites is 1. The largest absolute Gasteiger partial charge is 0.573 e. The molecule has 41 heavy (non-hydrogen) atoms. The van der Waals surface area contributed by atoms with Gasteiger partial charge in [-0.2, -0.15) is 0 Å². The maximum Gasteiger partial charge on any atom is 0.573 e. The molecule has 0 radical (unpaired) electrons. The number of carbonyl (C=O) groups excluding carboxylic acids is 1. The van der Waals surface area contributed by atoms with Crippen LogP contribution in [0.4, 0.5) is 13.2 Å². The summed E-state index contributed by atoms with van der Waals surface area (Å²) in [7, 11) is 1.40. The van der Waals surface area contributed by atoms with Crippen LogP contribution in [0, 0.1) is 0 Å². The van der Waals surface area contributed by atoms with Crippen LogP contribution >= 0.6 is 0 Å². The van der Waals surface area contributed by atoms with Crippen LogP contribution in [-0.2, 0) is 20.7 Å². The van der Waals surface area contributed by atoms with Gasteiger partial charge in [0.1, 0.15) is 11.8 Å². The molecule has 11 heteroatoms. The highest BCUT2D eigenvalue weighted by Crippen LogP contribution is 2.49. The zero-order valence-corrected chi connectivity index (χ0v) is 23.0. The molecule has 6 rings (SSSR count). The molecule has 4 heterocycles. The van der Waals surface area contributed by atoms with Crippen LogP contribution in [0.25, 0.3) is 10.9 Å². The molecule has 2 aromatic carbocycles. The highest BCUT2D eigenvalue weighted by Gasteiger charge is 2.48. The van der Waals surface area contributed by atoms with Crippen LogP contribution in [0.3, 0.4) is 0 Å². The Balaban J connectivity index is 1.34. The van der Waals surface area contributed by atoms with Gasteiger partial charge in [-0.05, 0) is 42.2 Å². The first-order chi connectivity index (χ1) is 19.8. The fourth-order valence-corrected chi connectivity index (χ4v) is 6.78. The molecular formula is C30H35F3N4O4. The molecule has 1 aromatic heterocycles. The number of nitrogens with zero attached hydrogens (tertiary/aromatic N) is 2. The third-order valence-corrected chi connectivity index (χ3v) is 8.61. The van der Waals surface area contributed by atoms with Crippen LogP contribution in [0.1, 0.15) is 41.7 Å². The van der Waals surface area contributed by atoms with Gasteiger partial charge in [-0.3, -0.25) is 14.6 Å². The number of rotatable bonds is 7. The van der Waals surface area contributed by atoms with Crippen molar-refractivity contribution in [1.82, 2.24) is 20.1 Å². The lowest BCUT2D eigenvalue weighted by molar-refractivity contribution is -0.274. The summed E-state index contributed by atoms with van der Waals surface area (Å²) in [6.45, 7) is 5.03. The Bertz CT molecular complexity index is 1360. The van der Waals surface area contributed by atoms with Crippen molar-refractivity contribution in [1.29, 1.82) is 0 Å². The van der Waals surface area contributed by atoms with E-state index in [0.717, 1.165) is 73.5 Å². The lowest BCUT2D eigenvalue weighted by atomic mass is 9.79. The Morgan fingerprint density at radius 2 is 1.80 bits per heavy atom. The van der Waals surface area contributed by atoms with Gasteiger partial charge >= 0.3 is 12.3 Å². The smallest absolute Gasteiger partial charge is 0.468 e. The molecule has 4 atom stereocenters. The maximum absolute atomic E-state index is 13.3. The number of alkyl halides is 3. The molecule has 0 saturated carbocycles. The van der Waals surface area contributed by atoms with Crippen LogP contribution in [0.15, 0.2) is 48.5 Å². The van der Waals surface area contributed by atoms with Crippen molar-refractivity contribution in [2.45, 2.75) is 49.8 Å². The number of aromatic nitrogens is 1. The van der Waals surface area contributed by atoms with Crippen LogP contribution in [0.5, 0.6) is 5.75 Å². The number of esters is 1. The SMILES string of the molecule is COC(=O)[C@@H]1Cc2c([nH]c3ccccc23)[C@H]2C[C@@H](NCCN3CCOCC3)C[C@@H](c3ccc(OC(F)(F)F)cc3)N21. The van der Waals surface area contributed by atoms with E-state index in [-0.39, 0.29) is 29.8 Å². The minimum absolute atomic E-state index is 0.110. The summed E-state index contributed by atoms with van der Waals surface area (Å²) < 4.78 is 53.4. The Morgan fingerprint density at radius 1 is 1.07 bits per heavy atom. The third-order valence-electron chi connectivity index (χ3n) is 8.61. The predicted octanol–water partition coefficient (Wildman–Crippen LogP) is 4.33. The summed E-state index contributed by atoms with van der Waals surface area (Å²) in [6, 6.07) is 13.4. The standard InChI is InChI=1S/C30H35F3N4O4/c1-39-29(38)27-18-23-22-4-2-3-5-24(22)35-28(23)26-17-20(34-10-11-36-12-14-40-15-13-36)16-25(37(26)27)19-6-8-21(9-7-19)41-30(31,32)33/h2-9,20,25-27,34-35H,10-18H2,1H3/t20-,25-,26+,27-/m0/s1. The third kappa shape index (κ3) is 5.94. The van der Waals surface area contributed by atoms with Gasteiger partial charge in [-0.1, -0.05) is 30.3 Å². The molecular weight excluding hydrogens is 537 g/mol. The summed E-state index contributed by atoms with van der Waals surface area (Å²) >= 11 is 0. The first-order valence-electron chi connectivity index (χ1n) is 14.1. The molecule has 0 unspecified atom stereocenters. The Hall–Kier alpha value is -3.12. The number of methoxy groups -OCH3 is 1. The number of carbonyl (C=O) groups is 1. The number of benzene rings is 2. The van der Waals surface area contributed by atoms with Crippen LogP contribution in [0.2, 0.25) is 0 Å². The first kappa shape index (κ1) is 28.0. The van der Waals surface area contributed by atoms with Crippen molar-refractivity contribution in [3.63, 3.8) is 0 Å². The molecule has 2 fully saturated rings. The van der Waals surface area contributed by atoms with E-state index in [2.05, 4.69) is 30.9 Å². The quantitative estimate of drug-likeness (QED) is 0.408. The number of hydrogen-bond donors (Lipinski definition) is 2. The lowest BCUT2D eigenvalue weighted by Crippen LogP contribution is -2.56. The molecule has 3 aliphatic rings. The van der Waals surface area contributed by atoms with Crippen LogP contribution < -0.4 is 10.1 Å². The van der Waals surface area contributed by atoms with Gasteiger partial charge in [0.25, 0.3) is 0 Å². The Morgan fingerprint density at radius 3 is 2.54 bits per heavy atom. The van der Waals surface area contributed by atoms with E-state index in [1.54, 1.807) is 12.1 Å². The van der Waals surface area contributed by atoms with Gasteiger partial charge in [0.15, 0.2) is 0 Å². The van der Waals surface area contributed by atoms with Crippen molar-refractivity contribution >= 4 is 16.9 Å². The molecule has 3 aromatic rings. The number of ether oxygens (including phenoxy) is 3. The molecule has 2 saturated heterocycles. The zero-order chi connectivity index (χ0) is 28.6. The second kappa shape index (κ2) is 11.6. The highest BCUT2D eigenvalue weighted by molar-refractivity contribution is 5.87. The van der Waals surface area contributed by atoms with Gasteiger partial charge < -0.3 is 24.5 Å². The van der Waals surface area contributed by atoms with E-state index in [0.29, 0.717) is 12.8 Å². The van der Waals surface area contributed by atoms with E-state index >= 15 is 0 Å². The molecule has 0 spiro atoms. The number of morpholine rings is 1. The van der Waals surface area contributed by atoms with Crippen molar-refractivity contribution in [2.24, 2.45) is 0 Å². The van der Waals surface area contributed by atoms with E-state index < -0.39 is 12.4 Å². The minimum atomic E-state index is -4.76. The van der Waals surface area contributed by atoms with E-state index in [1.807, 2.05) is 18.2 Å². The van der Waals surface area contributed by atoms with Crippen molar-refractivity contribution < 1.29 is 32.2 Å². The fraction of sp³-hybridized carbons (Fsp3) is 0.500. The molecule has 220 valence electrons. The average Bonchev–Trinajstić information content (AvgIpc) is 3.35. The molecule has 0 amide bonds. The van der Waals surface area contributed by atoms with Crippen molar-refractivity contribution in [2.75, 3.05) is 46.5 Å². The molecule has 0 aliphatic carbocycles. The van der Waals surface area contributed by atoms with E-state index in [4.69, 9.17) is 9.47 Å². The summed E-state index contributed by atoms with van der Waals surface area (Å²) in [5.41, 5.74) is 4.07. The number of H-pyrrole nitrogens is 1. The average molecular weight is 573 g/mol. The fourth-order valence-electron chi connectivity index (χ4n) is 6.78. The molecule has 3 aliphatic heterocycles. The van der Waals surface area contributed by atoms with Gasteiger partial charge in [-0.15, -0.1) is 13.2 Å². The number of hydrogen-bond acceptors (Lipinski definition) is 7. The van der Waals surface area contributed by atoms with Crippen molar-refractivity contribution in [3.05, 3.63) is 65.4 Å². The summed E-state index contributed by atoms with van der Waals surface area (Å²) in [5.74, 6) is -0.582. The number of piperidine rings is 1. The summed E-state index contributed by atoms with van der Waals surface area (Å²) in [6.07, 6.45) is -2.80. The second-order valence-corrected chi connectivity index (χ2v) is 11.0. The van der Waals surface area contributed by atoms with Crippen LogP contribution in [-0.4, -0.2) is 85.7 Å². The second-order valence-electron chi connectivity index (χ2n) is 11.0. The van der Waals surface area contributed by atoms with Gasteiger partial charge in [0.2, 0.25) is 0 Å². The Kier molecular flexibility index (Phi) is 7.95. The number of nitrogens with one attached hydrogen (secondary N) is 2. The number of aromatic amines is 1. The minimum Gasteiger partial charge on any atom is -0.468 e. The monoisotopic (exact) mass is 572 g/mol. The topological polar surface area (TPSA) is 79.1 Å². The number of fused-ring (bicyclic) bond motifs is 5. The Labute approximate surface area is 236 Å². The molecule has 2 N–H and O–H groups in total. The number of halogens is 3. The first-order valence-corrected chi connectivity index (χ1v) is 14.1. The molecule has 8 nitrogen and oxygen atoms in total. The van der Waals surface area contributed by atoms with Gasteiger partial charge in [-0.25, -0.2) is 0 Å². The zero-order valence-electron chi connectivity index (χ0n) is 23.0. The van der Waals surface area contributed by atoms with Gasteiger partial charge in [0.05, 0.1) is 26.4 Å². The predicted molar refractivity (Wildman–Crippen MR) is 147 cm³/mol.